The third-order valence-corrected chi connectivity index (χ3v) is 3.61. The second kappa shape index (κ2) is 7.00. The van der Waals surface area contributed by atoms with Crippen LogP contribution < -0.4 is 10.3 Å². The lowest BCUT2D eigenvalue weighted by Gasteiger charge is -2.10. The summed E-state index contributed by atoms with van der Waals surface area (Å²) in [7, 11) is 0. The summed E-state index contributed by atoms with van der Waals surface area (Å²) in [5.41, 5.74) is 2.24. The number of hydrogen-bond acceptors (Lipinski definition) is 5. The van der Waals surface area contributed by atoms with Gasteiger partial charge in [0, 0.05) is 13.3 Å². The van der Waals surface area contributed by atoms with Gasteiger partial charge in [-0.05, 0) is 16.7 Å². The lowest BCUT2D eigenvalue weighted by Crippen LogP contribution is -2.15. The molecule has 2 aromatic carbocycles. The molecule has 6 nitrogen and oxygen atoms in total. The van der Waals surface area contributed by atoms with Crippen LogP contribution in [-0.4, -0.2) is 21.0 Å². The maximum atomic E-state index is 11.9. The van der Waals surface area contributed by atoms with Gasteiger partial charge in [-0.3, -0.25) is 9.59 Å². The molecule has 0 spiro atoms. The highest BCUT2D eigenvalue weighted by Gasteiger charge is 2.15. The third-order valence-electron chi connectivity index (χ3n) is 3.61. The van der Waals surface area contributed by atoms with E-state index in [0.717, 1.165) is 16.7 Å². The number of rotatable bonds is 4. The summed E-state index contributed by atoms with van der Waals surface area (Å²) < 4.78 is 4.80. The largest absolute Gasteiger partial charge is 0.499 e. The van der Waals surface area contributed by atoms with Crippen LogP contribution >= 0.6 is 0 Å². The molecule has 1 aromatic heterocycles. The number of benzene rings is 2. The predicted molar refractivity (Wildman–Crippen MR) is 92.5 cm³/mol. The van der Waals surface area contributed by atoms with Crippen LogP contribution in [0.1, 0.15) is 18.3 Å². The van der Waals surface area contributed by atoms with Crippen molar-refractivity contribution in [1.29, 1.82) is 0 Å². The molecule has 0 fully saturated rings. The minimum absolute atomic E-state index is 0.294. The zero-order valence-electron chi connectivity index (χ0n) is 13.5. The summed E-state index contributed by atoms with van der Waals surface area (Å²) in [4.78, 5) is 29.5. The Labute approximate surface area is 143 Å². The van der Waals surface area contributed by atoms with Crippen LogP contribution in [0.25, 0.3) is 11.1 Å². The lowest BCUT2D eigenvalue weighted by molar-refractivity contribution is -0.132. The first kappa shape index (κ1) is 16.4. The molecule has 0 saturated carbocycles. The van der Waals surface area contributed by atoms with Crippen LogP contribution in [-0.2, 0) is 11.2 Å². The Balaban J connectivity index is 2.00. The number of H-pyrrole nitrogens is 1. The Hall–Kier alpha value is -3.41. The van der Waals surface area contributed by atoms with E-state index in [2.05, 4.69) is 9.97 Å². The van der Waals surface area contributed by atoms with Gasteiger partial charge >= 0.3 is 5.97 Å². The molecule has 0 aliphatic heterocycles. The fourth-order valence-corrected chi connectivity index (χ4v) is 2.54. The van der Waals surface area contributed by atoms with E-state index in [1.54, 1.807) is 0 Å². The molecule has 3 aromatic rings. The molecule has 0 amide bonds. The van der Waals surface area contributed by atoms with Crippen molar-refractivity contribution in [2.75, 3.05) is 0 Å². The van der Waals surface area contributed by atoms with E-state index in [-0.39, 0.29) is 5.88 Å². The minimum atomic E-state index is -0.751. The van der Waals surface area contributed by atoms with Crippen molar-refractivity contribution in [3.8, 4) is 22.8 Å². The van der Waals surface area contributed by atoms with E-state index in [9.17, 15) is 14.7 Å². The maximum Gasteiger partial charge on any atom is 0.309 e. The number of carbonyl (C=O) groups excluding carboxylic acids is 1. The van der Waals surface area contributed by atoms with Gasteiger partial charge in [0.05, 0.1) is 0 Å². The van der Waals surface area contributed by atoms with Crippen molar-refractivity contribution in [2.45, 2.75) is 13.3 Å². The van der Waals surface area contributed by atoms with Crippen LogP contribution in [0.2, 0.25) is 0 Å². The smallest absolute Gasteiger partial charge is 0.309 e. The van der Waals surface area contributed by atoms with Crippen LogP contribution in [0.4, 0.5) is 0 Å². The number of aromatic nitrogens is 2. The van der Waals surface area contributed by atoms with Gasteiger partial charge in [-0.1, -0.05) is 54.6 Å². The van der Waals surface area contributed by atoms with E-state index in [0.29, 0.717) is 12.2 Å². The first-order valence-electron chi connectivity index (χ1n) is 7.68. The van der Waals surface area contributed by atoms with Crippen molar-refractivity contribution in [1.82, 2.24) is 9.97 Å². The number of aromatic amines is 1. The number of carbonyl (C=O) groups is 1. The van der Waals surface area contributed by atoms with Crippen LogP contribution in [0, 0.1) is 0 Å². The second-order valence-electron chi connectivity index (χ2n) is 5.46. The van der Waals surface area contributed by atoms with Crippen molar-refractivity contribution in [2.24, 2.45) is 0 Å². The number of nitrogens with one attached hydrogen (secondary N) is 1. The second-order valence-corrected chi connectivity index (χ2v) is 5.46. The lowest BCUT2D eigenvalue weighted by atomic mass is 9.97. The quantitative estimate of drug-likeness (QED) is 0.715. The molecule has 0 aliphatic carbocycles. The average Bonchev–Trinajstić information content (AvgIpc) is 2.60. The molecule has 6 heteroatoms. The number of esters is 1. The fraction of sp³-hybridized carbons (Fsp3) is 0.105. The SMILES string of the molecule is CC(=O)Oc1nc(Cc2ccccc2-c2ccccc2)[nH]c(=O)c1O. The van der Waals surface area contributed by atoms with Crippen LogP contribution in [0.5, 0.6) is 11.6 Å². The Morgan fingerprint density at radius 3 is 2.52 bits per heavy atom. The molecule has 0 aliphatic rings. The van der Waals surface area contributed by atoms with Crippen molar-refractivity contribution < 1.29 is 14.6 Å². The van der Waals surface area contributed by atoms with Crippen molar-refractivity contribution >= 4 is 5.97 Å². The van der Waals surface area contributed by atoms with Gasteiger partial charge in [-0.2, -0.15) is 4.98 Å². The first-order valence-corrected chi connectivity index (χ1v) is 7.68. The monoisotopic (exact) mass is 336 g/mol. The van der Waals surface area contributed by atoms with Crippen LogP contribution in [0.15, 0.2) is 59.4 Å². The van der Waals surface area contributed by atoms with E-state index >= 15 is 0 Å². The number of ether oxygens (including phenoxy) is 1. The summed E-state index contributed by atoms with van der Waals surface area (Å²) >= 11 is 0. The molecule has 0 saturated heterocycles. The Morgan fingerprint density at radius 2 is 1.80 bits per heavy atom. The number of aromatic hydroxyl groups is 1. The van der Waals surface area contributed by atoms with Crippen LogP contribution in [0.3, 0.4) is 0 Å². The molecule has 25 heavy (non-hydrogen) atoms. The Bertz CT molecular complexity index is 965. The molecular formula is C19H16N2O4. The summed E-state index contributed by atoms with van der Waals surface area (Å²) in [5.74, 6) is -1.47. The molecule has 3 rings (SSSR count). The zero-order chi connectivity index (χ0) is 17.8. The van der Waals surface area contributed by atoms with E-state index in [4.69, 9.17) is 4.74 Å². The normalized spacial score (nSPS) is 10.4. The standard InChI is InChI=1S/C19H16N2O4/c1-12(22)25-19-17(23)18(24)20-16(21-19)11-14-9-5-6-10-15(14)13-7-3-2-4-8-13/h2-10,23H,11H2,1H3,(H,20,21,24). The van der Waals surface area contributed by atoms with Gasteiger partial charge < -0.3 is 14.8 Å². The Morgan fingerprint density at radius 1 is 1.12 bits per heavy atom. The molecule has 0 unspecified atom stereocenters. The molecule has 1 heterocycles. The van der Waals surface area contributed by atoms with Gasteiger partial charge in [0.2, 0.25) is 5.75 Å². The van der Waals surface area contributed by atoms with Gasteiger partial charge in [0.25, 0.3) is 11.4 Å². The molecule has 0 radical (unpaired) electrons. The van der Waals surface area contributed by atoms with Gasteiger partial charge in [0.15, 0.2) is 0 Å². The zero-order valence-corrected chi connectivity index (χ0v) is 13.5. The maximum absolute atomic E-state index is 11.9. The highest BCUT2D eigenvalue weighted by atomic mass is 16.5. The highest BCUT2D eigenvalue weighted by molar-refractivity contribution is 5.69. The Kier molecular flexibility index (Phi) is 4.61. The van der Waals surface area contributed by atoms with E-state index < -0.39 is 17.3 Å². The first-order chi connectivity index (χ1) is 12.0. The molecular weight excluding hydrogens is 320 g/mol. The molecule has 0 bridgehead atoms. The molecule has 0 atom stereocenters. The van der Waals surface area contributed by atoms with Gasteiger partial charge in [0.1, 0.15) is 5.82 Å². The number of hydrogen-bond donors (Lipinski definition) is 2. The van der Waals surface area contributed by atoms with E-state index in [1.165, 1.54) is 6.92 Å². The minimum Gasteiger partial charge on any atom is -0.499 e. The van der Waals surface area contributed by atoms with Gasteiger partial charge in [-0.15, -0.1) is 0 Å². The molecule has 126 valence electrons. The van der Waals surface area contributed by atoms with E-state index in [1.807, 2.05) is 54.6 Å². The predicted octanol–water partition coefficient (Wildman–Crippen LogP) is 2.66. The topological polar surface area (TPSA) is 92.3 Å². The van der Waals surface area contributed by atoms with Crippen molar-refractivity contribution in [3.63, 3.8) is 0 Å². The summed E-state index contributed by atoms with van der Waals surface area (Å²) in [6.45, 7) is 1.17. The van der Waals surface area contributed by atoms with Crippen molar-refractivity contribution in [3.05, 3.63) is 76.3 Å². The van der Waals surface area contributed by atoms with Gasteiger partial charge in [-0.25, -0.2) is 0 Å². The third kappa shape index (κ3) is 3.74. The summed E-state index contributed by atoms with van der Waals surface area (Å²) in [5, 5.41) is 9.69. The fourth-order valence-electron chi connectivity index (χ4n) is 2.54. The summed E-state index contributed by atoms with van der Waals surface area (Å²) in [6.07, 6.45) is 0.314. The molecule has 2 N–H and O–H groups in total. The highest BCUT2D eigenvalue weighted by Crippen LogP contribution is 2.25. The number of nitrogens with zero attached hydrogens (tertiary/aromatic N) is 1. The average molecular weight is 336 g/mol. The summed E-state index contributed by atoms with van der Waals surface area (Å²) in [6, 6.07) is 17.6.